The molecule has 3 heterocycles. The van der Waals surface area contributed by atoms with Crippen molar-refractivity contribution in [1.29, 1.82) is 0 Å². The molecule has 0 fully saturated rings. The van der Waals surface area contributed by atoms with E-state index < -0.39 is 0 Å². The van der Waals surface area contributed by atoms with Crippen molar-refractivity contribution in [1.82, 2.24) is 15.0 Å². The molecule has 0 aliphatic carbocycles. The van der Waals surface area contributed by atoms with Crippen LogP contribution < -0.4 is 0 Å². The number of aromatic hydroxyl groups is 1. The van der Waals surface area contributed by atoms with Crippen LogP contribution in [0.5, 0.6) is 5.75 Å². The van der Waals surface area contributed by atoms with Gasteiger partial charge in [0.25, 0.3) is 0 Å². The molecule has 0 atom stereocenters. The van der Waals surface area contributed by atoms with Crippen LogP contribution in [0.4, 0.5) is 0 Å². The highest BCUT2D eigenvalue weighted by Crippen LogP contribution is 2.36. The van der Waals surface area contributed by atoms with Crippen LogP contribution in [-0.4, -0.2) is 20.1 Å². The van der Waals surface area contributed by atoms with E-state index in [1.165, 1.54) is 0 Å². The van der Waals surface area contributed by atoms with Crippen molar-refractivity contribution in [2.45, 2.75) is 0 Å². The van der Waals surface area contributed by atoms with E-state index in [1.807, 2.05) is 30.5 Å². The summed E-state index contributed by atoms with van der Waals surface area (Å²) in [7, 11) is 0. The molecule has 2 aromatic carbocycles. The fourth-order valence-electron chi connectivity index (χ4n) is 3.18. The van der Waals surface area contributed by atoms with Crippen molar-refractivity contribution in [2.75, 3.05) is 0 Å². The first-order chi connectivity index (χ1) is 10.3. The molecule has 0 amide bonds. The van der Waals surface area contributed by atoms with Crippen LogP contribution in [0.15, 0.2) is 48.7 Å². The number of aromatic amines is 2. The fraction of sp³-hybridized carbons (Fsp3) is 0. The summed E-state index contributed by atoms with van der Waals surface area (Å²) in [4.78, 5) is 11.3. The van der Waals surface area contributed by atoms with Crippen LogP contribution in [0.25, 0.3) is 43.7 Å². The maximum Gasteiger partial charge on any atom is 0.127 e. The number of H-pyrrole nitrogens is 2. The highest BCUT2D eigenvalue weighted by molar-refractivity contribution is 6.23. The molecule has 5 rings (SSSR count). The lowest BCUT2D eigenvalue weighted by Crippen LogP contribution is -1.77. The number of hydrogen-bond acceptors (Lipinski definition) is 2. The quantitative estimate of drug-likeness (QED) is 0.398. The van der Waals surface area contributed by atoms with Gasteiger partial charge in [0.15, 0.2) is 0 Å². The van der Waals surface area contributed by atoms with Gasteiger partial charge in [0.2, 0.25) is 0 Å². The molecule has 21 heavy (non-hydrogen) atoms. The van der Waals surface area contributed by atoms with Crippen LogP contribution in [-0.2, 0) is 0 Å². The van der Waals surface area contributed by atoms with E-state index >= 15 is 0 Å². The zero-order valence-electron chi connectivity index (χ0n) is 11.0. The number of pyridine rings is 1. The Kier molecular flexibility index (Phi) is 1.81. The Balaban J connectivity index is 2.14. The Morgan fingerprint density at radius 3 is 2.62 bits per heavy atom. The summed E-state index contributed by atoms with van der Waals surface area (Å²) in [5.41, 5.74) is 4.75. The molecular formula is C17H11N3O. The van der Waals surface area contributed by atoms with Crippen LogP contribution >= 0.6 is 0 Å². The molecule has 5 aromatic rings. The maximum absolute atomic E-state index is 10.1. The van der Waals surface area contributed by atoms with Crippen molar-refractivity contribution in [2.24, 2.45) is 0 Å². The van der Waals surface area contributed by atoms with Crippen molar-refractivity contribution < 1.29 is 5.11 Å². The van der Waals surface area contributed by atoms with E-state index in [1.54, 1.807) is 6.07 Å². The summed E-state index contributed by atoms with van der Waals surface area (Å²) >= 11 is 0. The first kappa shape index (κ1) is 10.7. The van der Waals surface area contributed by atoms with Gasteiger partial charge in [-0.05, 0) is 18.2 Å². The normalized spacial score (nSPS) is 12.0. The third-order valence-corrected chi connectivity index (χ3v) is 4.08. The number of benzene rings is 2. The summed E-state index contributed by atoms with van der Waals surface area (Å²) in [5.74, 6) is 0.255. The number of nitrogens with zero attached hydrogens (tertiary/aromatic N) is 1. The highest BCUT2D eigenvalue weighted by atomic mass is 16.3. The summed E-state index contributed by atoms with van der Waals surface area (Å²) in [6.45, 7) is 0. The van der Waals surface area contributed by atoms with Gasteiger partial charge in [0.1, 0.15) is 11.3 Å². The minimum atomic E-state index is 0.255. The van der Waals surface area contributed by atoms with Crippen LogP contribution in [0.1, 0.15) is 0 Å². The molecule has 0 spiro atoms. The molecule has 4 heteroatoms. The molecule has 0 aliphatic rings. The molecule has 100 valence electrons. The van der Waals surface area contributed by atoms with Gasteiger partial charge in [-0.2, -0.15) is 0 Å². The molecule has 3 N–H and O–H groups in total. The van der Waals surface area contributed by atoms with Gasteiger partial charge in [-0.15, -0.1) is 0 Å². The van der Waals surface area contributed by atoms with Crippen molar-refractivity contribution >= 4 is 43.7 Å². The number of aromatic nitrogens is 3. The predicted octanol–water partition coefficient (Wildman–Crippen LogP) is 4.06. The van der Waals surface area contributed by atoms with Gasteiger partial charge in [-0.1, -0.05) is 24.3 Å². The molecule has 3 aromatic heterocycles. The average Bonchev–Trinajstić information content (AvgIpc) is 3.05. The number of hydrogen-bond donors (Lipinski definition) is 3. The summed E-state index contributed by atoms with van der Waals surface area (Å²) in [6.07, 6.45) is 1.83. The van der Waals surface area contributed by atoms with E-state index in [0.29, 0.717) is 0 Å². The lowest BCUT2D eigenvalue weighted by molar-refractivity contribution is 0.482. The second-order valence-corrected chi connectivity index (χ2v) is 5.27. The van der Waals surface area contributed by atoms with Gasteiger partial charge in [0, 0.05) is 16.3 Å². The number of nitrogens with one attached hydrogen (secondary N) is 2. The van der Waals surface area contributed by atoms with E-state index in [0.717, 1.165) is 43.7 Å². The summed E-state index contributed by atoms with van der Waals surface area (Å²) in [5, 5.41) is 13.2. The zero-order valence-corrected chi connectivity index (χ0v) is 11.0. The average molecular weight is 273 g/mol. The van der Waals surface area contributed by atoms with Crippen molar-refractivity contribution in [3.05, 3.63) is 48.7 Å². The number of phenols is 1. The largest absolute Gasteiger partial charge is 0.507 e. The molecular weight excluding hydrogens is 262 g/mol. The first-order valence-electron chi connectivity index (χ1n) is 6.82. The van der Waals surface area contributed by atoms with Gasteiger partial charge in [-0.25, -0.2) is 0 Å². The Bertz CT molecular complexity index is 1150. The van der Waals surface area contributed by atoms with Crippen LogP contribution in [0.3, 0.4) is 0 Å². The van der Waals surface area contributed by atoms with E-state index in [2.05, 4.69) is 27.1 Å². The molecule has 0 aliphatic heterocycles. The van der Waals surface area contributed by atoms with Gasteiger partial charge in [0.05, 0.1) is 28.1 Å². The van der Waals surface area contributed by atoms with Crippen LogP contribution in [0.2, 0.25) is 0 Å². The van der Waals surface area contributed by atoms with E-state index in [4.69, 9.17) is 0 Å². The van der Waals surface area contributed by atoms with Crippen LogP contribution in [0, 0.1) is 0 Å². The fourth-order valence-corrected chi connectivity index (χ4v) is 3.18. The molecule has 0 bridgehead atoms. The first-order valence-corrected chi connectivity index (χ1v) is 6.82. The Labute approximate surface area is 119 Å². The molecule has 0 saturated carbocycles. The monoisotopic (exact) mass is 273 g/mol. The third kappa shape index (κ3) is 1.26. The van der Waals surface area contributed by atoms with Crippen molar-refractivity contribution in [3.63, 3.8) is 0 Å². The second-order valence-electron chi connectivity index (χ2n) is 5.27. The maximum atomic E-state index is 10.1. The number of fused-ring (bicyclic) bond motifs is 7. The van der Waals surface area contributed by atoms with Gasteiger partial charge >= 0.3 is 0 Å². The predicted molar refractivity (Wildman–Crippen MR) is 84.6 cm³/mol. The minimum absolute atomic E-state index is 0.255. The van der Waals surface area contributed by atoms with Gasteiger partial charge < -0.3 is 15.1 Å². The third-order valence-electron chi connectivity index (χ3n) is 4.08. The van der Waals surface area contributed by atoms with Gasteiger partial charge in [-0.3, -0.25) is 4.98 Å². The smallest absolute Gasteiger partial charge is 0.127 e. The van der Waals surface area contributed by atoms with Crippen molar-refractivity contribution in [3.8, 4) is 5.75 Å². The second kappa shape index (κ2) is 3.55. The van der Waals surface area contributed by atoms with E-state index in [9.17, 15) is 5.11 Å². The summed E-state index contributed by atoms with van der Waals surface area (Å²) in [6, 6.07) is 13.7. The summed E-state index contributed by atoms with van der Waals surface area (Å²) < 4.78 is 0. The standard InChI is InChI=1S/C17H11N3O/c21-13-7-3-6-11-15(13)16-17(20-11)14-9-4-1-2-5-10(9)19-12(14)8-18-16/h1-8,19-21H. The molecule has 0 radical (unpaired) electrons. The number of para-hydroxylation sites is 1. The Morgan fingerprint density at radius 1 is 0.810 bits per heavy atom. The SMILES string of the molecule is Oc1cccc2[nH]c3c(ncc4[nH]c5ccccc5c43)c12. The lowest BCUT2D eigenvalue weighted by atomic mass is 10.1. The zero-order chi connectivity index (χ0) is 14.0. The van der Waals surface area contributed by atoms with E-state index in [-0.39, 0.29) is 5.75 Å². The topological polar surface area (TPSA) is 64.7 Å². The molecule has 0 unspecified atom stereocenters. The Morgan fingerprint density at radius 2 is 1.67 bits per heavy atom. The lowest BCUT2D eigenvalue weighted by Gasteiger charge is -1.95. The minimum Gasteiger partial charge on any atom is -0.507 e. The number of phenolic OH excluding ortho intramolecular Hbond substituents is 1. The Hall–Kier alpha value is -3.01. The molecule has 0 saturated heterocycles. The molecule has 4 nitrogen and oxygen atoms in total. The number of rotatable bonds is 0. The highest BCUT2D eigenvalue weighted by Gasteiger charge is 2.14.